The Labute approximate surface area is 112 Å². The molecule has 92 valence electrons. The van der Waals surface area contributed by atoms with Gasteiger partial charge in [0.25, 0.3) is 5.91 Å². The smallest absolute Gasteiger partial charge is 0.269 e. The number of hydrogen-bond acceptors (Lipinski definition) is 4. The lowest BCUT2D eigenvalue weighted by Gasteiger charge is -2.06. The van der Waals surface area contributed by atoms with Gasteiger partial charge in [-0.15, -0.1) is 10.2 Å². The summed E-state index contributed by atoms with van der Waals surface area (Å²) in [5, 5.41) is 7.42. The minimum atomic E-state index is -0.617. The molecular formula is C12H10BrN3O2. The van der Waals surface area contributed by atoms with Gasteiger partial charge in [0.05, 0.1) is 0 Å². The lowest BCUT2D eigenvalue weighted by atomic mass is 10.2. The predicted octanol–water partition coefficient (Wildman–Crippen LogP) is 2.44. The fourth-order valence-electron chi connectivity index (χ4n) is 1.31. The van der Waals surface area contributed by atoms with Crippen molar-refractivity contribution in [3.8, 4) is 11.6 Å². The highest BCUT2D eigenvalue weighted by atomic mass is 79.9. The Hall–Kier alpha value is -1.95. The van der Waals surface area contributed by atoms with E-state index in [4.69, 9.17) is 10.5 Å². The van der Waals surface area contributed by atoms with E-state index < -0.39 is 5.91 Å². The number of carbonyl (C=O) groups excluding carboxylic acids is 1. The molecule has 5 nitrogen and oxygen atoms in total. The number of benzene rings is 1. The Morgan fingerprint density at radius 1 is 1.28 bits per heavy atom. The molecule has 1 aromatic heterocycles. The van der Waals surface area contributed by atoms with Crippen LogP contribution in [0.15, 0.2) is 34.8 Å². The van der Waals surface area contributed by atoms with Crippen LogP contribution in [0.25, 0.3) is 0 Å². The first kappa shape index (κ1) is 12.5. The maximum Gasteiger partial charge on any atom is 0.269 e. The van der Waals surface area contributed by atoms with Gasteiger partial charge < -0.3 is 10.5 Å². The monoisotopic (exact) mass is 307 g/mol. The lowest BCUT2D eigenvalue weighted by molar-refractivity contribution is 0.0994. The van der Waals surface area contributed by atoms with Crippen molar-refractivity contribution in [3.63, 3.8) is 0 Å². The topological polar surface area (TPSA) is 78.1 Å². The summed E-state index contributed by atoms with van der Waals surface area (Å²) in [6.45, 7) is 1.96. The third-order valence-corrected chi connectivity index (χ3v) is 3.13. The maximum absolute atomic E-state index is 10.8. The summed E-state index contributed by atoms with van der Waals surface area (Å²) in [7, 11) is 0. The minimum absolute atomic E-state index is 0.106. The minimum Gasteiger partial charge on any atom is -0.438 e. The van der Waals surface area contributed by atoms with Gasteiger partial charge in [-0.25, -0.2) is 0 Å². The molecule has 0 atom stereocenters. The molecule has 0 saturated heterocycles. The summed E-state index contributed by atoms with van der Waals surface area (Å²) in [5.41, 5.74) is 6.22. The van der Waals surface area contributed by atoms with Crippen molar-refractivity contribution in [3.05, 3.63) is 46.1 Å². The first-order valence-corrected chi connectivity index (χ1v) is 5.93. The van der Waals surface area contributed by atoms with E-state index in [0.717, 1.165) is 10.0 Å². The average Bonchev–Trinajstić information content (AvgIpc) is 2.34. The molecule has 0 saturated carbocycles. The Morgan fingerprint density at radius 3 is 2.61 bits per heavy atom. The zero-order chi connectivity index (χ0) is 13.1. The van der Waals surface area contributed by atoms with Crippen LogP contribution in [0.4, 0.5) is 0 Å². The second kappa shape index (κ2) is 5.14. The Balaban J connectivity index is 2.18. The number of nitrogens with two attached hydrogens (primary N) is 1. The van der Waals surface area contributed by atoms with Gasteiger partial charge >= 0.3 is 0 Å². The number of carbonyl (C=O) groups is 1. The molecule has 2 aromatic rings. The lowest BCUT2D eigenvalue weighted by Crippen LogP contribution is -2.13. The largest absolute Gasteiger partial charge is 0.438 e. The highest BCUT2D eigenvalue weighted by Gasteiger charge is 2.05. The molecule has 1 aromatic carbocycles. The van der Waals surface area contributed by atoms with E-state index in [2.05, 4.69) is 26.1 Å². The first-order chi connectivity index (χ1) is 8.56. The van der Waals surface area contributed by atoms with E-state index in [-0.39, 0.29) is 5.69 Å². The molecule has 2 N–H and O–H groups in total. The maximum atomic E-state index is 10.8. The molecule has 0 aliphatic rings. The number of rotatable bonds is 3. The molecule has 0 aliphatic heterocycles. The Bertz CT molecular complexity index is 584. The van der Waals surface area contributed by atoms with Crippen LogP contribution in [0.3, 0.4) is 0 Å². The van der Waals surface area contributed by atoms with Crippen LogP contribution < -0.4 is 10.5 Å². The van der Waals surface area contributed by atoms with Crippen molar-refractivity contribution in [1.29, 1.82) is 0 Å². The first-order valence-electron chi connectivity index (χ1n) is 5.14. The second-order valence-corrected chi connectivity index (χ2v) is 4.49. The summed E-state index contributed by atoms with van der Waals surface area (Å²) in [6.07, 6.45) is 0. The van der Waals surface area contributed by atoms with Crippen LogP contribution in [0.2, 0.25) is 0 Å². The highest BCUT2D eigenvalue weighted by molar-refractivity contribution is 9.10. The zero-order valence-corrected chi connectivity index (χ0v) is 11.1. The van der Waals surface area contributed by atoms with Crippen LogP contribution in [0.1, 0.15) is 16.1 Å². The van der Waals surface area contributed by atoms with E-state index in [1.165, 1.54) is 6.07 Å². The van der Waals surface area contributed by atoms with Crippen LogP contribution in [0.5, 0.6) is 11.6 Å². The molecule has 0 aliphatic carbocycles. The molecule has 0 spiro atoms. The second-order valence-electron chi connectivity index (χ2n) is 3.63. The van der Waals surface area contributed by atoms with E-state index in [9.17, 15) is 4.79 Å². The Kier molecular flexibility index (Phi) is 3.57. The van der Waals surface area contributed by atoms with Gasteiger partial charge in [0.2, 0.25) is 5.88 Å². The highest BCUT2D eigenvalue weighted by Crippen LogP contribution is 2.24. The molecule has 0 radical (unpaired) electrons. The van der Waals surface area contributed by atoms with Crippen molar-refractivity contribution in [2.75, 3.05) is 0 Å². The molecule has 6 heteroatoms. The number of amides is 1. The zero-order valence-electron chi connectivity index (χ0n) is 9.55. The summed E-state index contributed by atoms with van der Waals surface area (Å²) in [5.74, 6) is 0.340. The molecule has 1 amide bonds. The van der Waals surface area contributed by atoms with E-state index in [0.29, 0.717) is 11.6 Å². The number of ether oxygens (including phenoxy) is 1. The number of nitrogens with zero attached hydrogens (tertiary/aromatic N) is 2. The van der Waals surface area contributed by atoms with Gasteiger partial charge in [-0.2, -0.15) is 0 Å². The Morgan fingerprint density at radius 2 is 2.06 bits per heavy atom. The van der Waals surface area contributed by atoms with Crippen LogP contribution in [0, 0.1) is 6.92 Å². The average molecular weight is 308 g/mol. The fourth-order valence-corrected chi connectivity index (χ4v) is 1.55. The summed E-state index contributed by atoms with van der Waals surface area (Å²) < 4.78 is 6.51. The number of hydrogen-bond donors (Lipinski definition) is 1. The molecular weight excluding hydrogens is 298 g/mol. The van der Waals surface area contributed by atoms with Gasteiger partial charge in [0, 0.05) is 10.5 Å². The number of halogens is 1. The predicted molar refractivity (Wildman–Crippen MR) is 69.5 cm³/mol. The summed E-state index contributed by atoms with van der Waals surface area (Å²) in [6, 6.07) is 8.57. The van der Waals surface area contributed by atoms with E-state index >= 15 is 0 Å². The number of aromatic nitrogens is 2. The van der Waals surface area contributed by atoms with Crippen molar-refractivity contribution in [2.45, 2.75) is 6.92 Å². The summed E-state index contributed by atoms with van der Waals surface area (Å²) in [4.78, 5) is 10.8. The normalized spacial score (nSPS) is 10.1. The third-order valence-electron chi connectivity index (χ3n) is 2.24. The van der Waals surface area contributed by atoms with E-state index in [1.807, 2.05) is 19.1 Å². The van der Waals surface area contributed by atoms with Gasteiger partial charge in [-0.1, -0.05) is 15.9 Å². The van der Waals surface area contributed by atoms with Crippen molar-refractivity contribution in [1.82, 2.24) is 10.2 Å². The van der Waals surface area contributed by atoms with Gasteiger partial charge in [0.1, 0.15) is 5.75 Å². The van der Waals surface area contributed by atoms with Gasteiger partial charge in [-0.05, 0) is 36.8 Å². The molecule has 18 heavy (non-hydrogen) atoms. The molecule has 0 bridgehead atoms. The van der Waals surface area contributed by atoms with Crippen molar-refractivity contribution in [2.24, 2.45) is 5.73 Å². The quantitative estimate of drug-likeness (QED) is 0.944. The molecule has 0 fully saturated rings. The van der Waals surface area contributed by atoms with Gasteiger partial charge in [-0.3, -0.25) is 4.79 Å². The standard InChI is InChI=1S/C12H10BrN3O2/c1-7-6-8(2-3-9(7)13)18-11-5-4-10(12(14)17)15-16-11/h2-6H,1H3,(H2,14,17). The van der Waals surface area contributed by atoms with Crippen LogP contribution in [-0.4, -0.2) is 16.1 Å². The van der Waals surface area contributed by atoms with Crippen LogP contribution >= 0.6 is 15.9 Å². The van der Waals surface area contributed by atoms with Crippen molar-refractivity contribution < 1.29 is 9.53 Å². The molecule has 1 heterocycles. The number of aryl methyl sites for hydroxylation is 1. The SMILES string of the molecule is Cc1cc(Oc2ccc(C(N)=O)nn2)ccc1Br. The third kappa shape index (κ3) is 2.84. The van der Waals surface area contributed by atoms with E-state index in [1.54, 1.807) is 12.1 Å². The van der Waals surface area contributed by atoms with Crippen LogP contribution in [-0.2, 0) is 0 Å². The van der Waals surface area contributed by atoms with Gasteiger partial charge in [0.15, 0.2) is 5.69 Å². The fraction of sp³-hybridized carbons (Fsp3) is 0.0833. The molecule has 0 unspecified atom stereocenters. The summed E-state index contributed by atoms with van der Waals surface area (Å²) >= 11 is 3.41. The number of primary amides is 1. The van der Waals surface area contributed by atoms with Crippen molar-refractivity contribution >= 4 is 21.8 Å². The molecule has 2 rings (SSSR count).